The van der Waals surface area contributed by atoms with Crippen molar-refractivity contribution in [1.82, 2.24) is 5.32 Å². The fourth-order valence-corrected chi connectivity index (χ4v) is 3.89. The van der Waals surface area contributed by atoms with E-state index >= 15 is 0 Å². The van der Waals surface area contributed by atoms with Gasteiger partial charge in [0.15, 0.2) is 0 Å². The summed E-state index contributed by atoms with van der Waals surface area (Å²) in [5.41, 5.74) is 0.645. The largest absolute Gasteiger partial charge is 0.487 e. The summed E-state index contributed by atoms with van der Waals surface area (Å²) in [5, 5.41) is 12.8. The Morgan fingerprint density at radius 1 is 1.30 bits per heavy atom. The highest BCUT2D eigenvalue weighted by atomic mass is 19.4. The number of benzene rings is 1. The maximum Gasteiger partial charge on any atom is 0.419 e. The summed E-state index contributed by atoms with van der Waals surface area (Å²) in [5.74, 6) is -0.0660. The van der Waals surface area contributed by atoms with Crippen LogP contribution in [0.15, 0.2) is 40.3 Å². The molecule has 33 heavy (non-hydrogen) atoms. The van der Waals surface area contributed by atoms with Gasteiger partial charge in [0.2, 0.25) is 0 Å². The molecule has 1 aromatic carbocycles. The first-order valence-corrected chi connectivity index (χ1v) is 10.4. The Balaban J connectivity index is 1.64. The topological polar surface area (TPSA) is 99.0 Å². The Morgan fingerprint density at radius 3 is 2.64 bits per heavy atom. The number of halogens is 3. The number of nitrogens with one attached hydrogen (secondary N) is 3. The molecule has 0 saturated carbocycles. The monoisotopic (exact) mass is 463 g/mol. The average Bonchev–Trinajstić information content (AvgIpc) is 3.07. The summed E-state index contributed by atoms with van der Waals surface area (Å²) in [4.78, 5) is 18.8. The fraction of sp³-hybridized carbons (Fsp3) is 0.409. The van der Waals surface area contributed by atoms with Crippen LogP contribution in [0.4, 0.5) is 24.5 Å². The molecule has 1 fully saturated rings. The van der Waals surface area contributed by atoms with Crippen LogP contribution < -0.4 is 20.3 Å². The lowest BCUT2D eigenvalue weighted by atomic mass is 10.0. The Kier molecular flexibility index (Phi) is 5.91. The van der Waals surface area contributed by atoms with E-state index < -0.39 is 17.7 Å². The Labute approximate surface area is 188 Å². The Hall–Kier alpha value is -3.34. The van der Waals surface area contributed by atoms with E-state index in [-0.39, 0.29) is 17.0 Å². The molecule has 1 aromatic rings. The normalized spacial score (nSPS) is 20.9. The van der Waals surface area contributed by atoms with Crippen molar-refractivity contribution < 1.29 is 27.4 Å². The number of carbonyl (C=O) groups excluding carboxylic acids is 1. The smallest absolute Gasteiger partial charge is 0.419 e. The van der Waals surface area contributed by atoms with Crippen LogP contribution in [0.1, 0.15) is 19.4 Å². The number of rotatable bonds is 4. The fourth-order valence-electron chi connectivity index (χ4n) is 3.89. The van der Waals surface area contributed by atoms with E-state index in [4.69, 9.17) is 14.9 Å². The summed E-state index contributed by atoms with van der Waals surface area (Å²) in [7, 11) is 0. The van der Waals surface area contributed by atoms with Crippen LogP contribution in [0.3, 0.4) is 0 Å². The second kappa shape index (κ2) is 8.54. The maximum absolute atomic E-state index is 13.0. The van der Waals surface area contributed by atoms with Gasteiger partial charge in [0.25, 0.3) is 5.91 Å². The molecular formula is C22H24F3N5O3. The number of amides is 1. The molecule has 3 aliphatic rings. The molecule has 176 valence electrons. The molecule has 0 aliphatic carbocycles. The predicted molar refractivity (Wildman–Crippen MR) is 118 cm³/mol. The van der Waals surface area contributed by atoms with E-state index in [1.54, 1.807) is 0 Å². The number of hydrogen-bond donors (Lipinski definition) is 3. The molecule has 0 spiro atoms. The van der Waals surface area contributed by atoms with E-state index in [1.165, 1.54) is 0 Å². The highest BCUT2D eigenvalue weighted by molar-refractivity contribution is 6.18. The molecule has 3 heterocycles. The molecule has 1 amide bonds. The summed E-state index contributed by atoms with van der Waals surface area (Å²) < 4.78 is 49.9. The van der Waals surface area contributed by atoms with E-state index in [9.17, 15) is 18.0 Å². The Bertz CT molecular complexity index is 1070. The molecular weight excluding hydrogens is 439 g/mol. The van der Waals surface area contributed by atoms with E-state index in [0.29, 0.717) is 50.8 Å². The van der Waals surface area contributed by atoms with Crippen LogP contribution in [0.2, 0.25) is 0 Å². The second-order valence-corrected chi connectivity index (χ2v) is 8.48. The lowest BCUT2D eigenvalue weighted by molar-refractivity contribution is -0.112. The van der Waals surface area contributed by atoms with Gasteiger partial charge in [-0.25, -0.2) is 4.99 Å². The van der Waals surface area contributed by atoms with Gasteiger partial charge in [-0.3, -0.25) is 4.79 Å². The third-order valence-electron chi connectivity index (χ3n) is 5.45. The van der Waals surface area contributed by atoms with Crippen LogP contribution >= 0.6 is 0 Å². The molecule has 8 nitrogen and oxygen atoms in total. The highest BCUT2D eigenvalue weighted by Crippen LogP contribution is 2.42. The zero-order valence-corrected chi connectivity index (χ0v) is 18.2. The first-order chi connectivity index (χ1) is 15.6. The zero-order valence-electron chi connectivity index (χ0n) is 18.2. The number of aliphatic imine (C=N–C) groups is 1. The molecule has 0 bridgehead atoms. The van der Waals surface area contributed by atoms with Gasteiger partial charge < -0.3 is 30.4 Å². The first kappa shape index (κ1) is 22.8. The van der Waals surface area contributed by atoms with Gasteiger partial charge in [-0.2, -0.15) is 13.2 Å². The van der Waals surface area contributed by atoms with Crippen molar-refractivity contribution in [3.05, 3.63) is 40.9 Å². The minimum Gasteiger partial charge on any atom is -0.487 e. The molecule has 0 atom stereocenters. The van der Waals surface area contributed by atoms with Crippen molar-refractivity contribution in [3.63, 3.8) is 0 Å². The SMILES string of the molecule is CC1(C)Cc2cc(NC(=O)/C(C=N)=C3\N=CC(C(F)(F)F)=CN3)c(N3CCOCC3)cc2O1. The van der Waals surface area contributed by atoms with Crippen molar-refractivity contribution in [3.8, 4) is 5.75 Å². The van der Waals surface area contributed by atoms with Crippen LogP contribution in [0, 0.1) is 5.41 Å². The number of anilines is 2. The number of alkyl halides is 3. The van der Waals surface area contributed by atoms with Crippen LogP contribution in [-0.2, 0) is 16.0 Å². The van der Waals surface area contributed by atoms with E-state index in [1.807, 2.05) is 26.0 Å². The van der Waals surface area contributed by atoms with Crippen LogP contribution in [-0.4, -0.2) is 56.4 Å². The van der Waals surface area contributed by atoms with Gasteiger partial charge in [0.05, 0.1) is 35.7 Å². The Morgan fingerprint density at radius 2 is 2.03 bits per heavy atom. The minimum atomic E-state index is -4.57. The summed E-state index contributed by atoms with van der Waals surface area (Å²) in [6.45, 7) is 6.29. The van der Waals surface area contributed by atoms with Crippen molar-refractivity contribution in [2.45, 2.75) is 32.0 Å². The third kappa shape index (κ3) is 4.87. The number of hydrogen-bond acceptors (Lipinski definition) is 7. The predicted octanol–water partition coefficient (Wildman–Crippen LogP) is 3.16. The number of ether oxygens (including phenoxy) is 2. The first-order valence-electron chi connectivity index (χ1n) is 10.4. The lowest BCUT2D eigenvalue weighted by Crippen LogP contribution is -2.37. The molecule has 11 heteroatoms. The molecule has 0 aromatic heterocycles. The van der Waals surface area contributed by atoms with Gasteiger partial charge in [-0.05, 0) is 19.9 Å². The summed E-state index contributed by atoms with van der Waals surface area (Å²) in [6.07, 6.45) is -1.81. The summed E-state index contributed by atoms with van der Waals surface area (Å²) in [6, 6.07) is 3.73. The zero-order chi connectivity index (χ0) is 23.8. The third-order valence-corrected chi connectivity index (χ3v) is 5.45. The standard InChI is InChI=1S/C22H24F3N5O3/c1-21(2)9-13-7-16(17(8-18(13)33-21)30-3-5-32-6-4-30)29-20(31)15(10-26)19-27-11-14(12-28-19)22(23,24)25/h7-8,10-12,26-27H,3-6,9H2,1-2H3,(H,29,31)/b19-15-,26-10?. The molecule has 3 N–H and O–H groups in total. The molecule has 0 radical (unpaired) electrons. The highest BCUT2D eigenvalue weighted by Gasteiger charge is 2.34. The number of carbonyl (C=O) groups is 1. The second-order valence-electron chi connectivity index (χ2n) is 8.48. The maximum atomic E-state index is 13.0. The van der Waals surface area contributed by atoms with Crippen LogP contribution in [0.25, 0.3) is 0 Å². The van der Waals surface area contributed by atoms with Crippen molar-refractivity contribution >= 4 is 29.7 Å². The number of morpholine rings is 1. The van der Waals surface area contributed by atoms with Crippen molar-refractivity contribution in [1.29, 1.82) is 5.41 Å². The minimum absolute atomic E-state index is 0.144. The van der Waals surface area contributed by atoms with Crippen LogP contribution in [0.5, 0.6) is 5.75 Å². The lowest BCUT2D eigenvalue weighted by Gasteiger charge is -2.31. The number of allylic oxidation sites excluding steroid dienone is 1. The van der Waals surface area contributed by atoms with Gasteiger partial charge in [0.1, 0.15) is 17.2 Å². The van der Waals surface area contributed by atoms with E-state index in [2.05, 4.69) is 20.5 Å². The van der Waals surface area contributed by atoms with E-state index in [0.717, 1.165) is 23.2 Å². The van der Waals surface area contributed by atoms with Gasteiger partial charge in [-0.1, -0.05) is 0 Å². The number of fused-ring (bicyclic) bond motifs is 1. The average molecular weight is 463 g/mol. The molecule has 1 saturated heterocycles. The summed E-state index contributed by atoms with van der Waals surface area (Å²) >= 11 is 0. The van der Waals surface area contributed by atoms with Gasteiger partial charge in [0, 0.05) is 49.8 Å². The molecule has 4 rings (SSSR count). The molecule has 0 unspecified atom stereocenters. The van der Waals surface area contributed by atoms with Gasteiger partial charge in [-0.15, -0.1) is 0 Å². The number of nitrogens with zero attached hydrogens (tertiary/aromatic N) is 2. The van der Waals surface area contributed by atoms with Gasteiger partial charge >= 0.3 is 6.18 Å². The van der Waals surface area contributed by atoms with Crippen molar-refractivity contribution in [2.24, 2.45) is 4.99 Å². The van der Waals surface area contributed by atoms with Crippen molar-refractivity contribution in [2.75, 3.05) is 36.5 Å². The molecule has 3 aliphatic heterocycles. The quantitative estimate of drug-likeness (QED) is 0.471.